The topological polar surface area (TPSA) is 165 Å². The second kappa shape index (κ2) is 8.41. The number of hydroxylamine groups is 3. The first kappa shape index (κ1) is 19.4. The van der Waals surface area contributed by atoms with Crippen LogP contribution in [0, 0.1) is 11.0 Å². The van der Waals surface area contributed by atoms with Gasteiger partial charge in [0.2, 0.25) is 0 Å². The molecule has 0 amide bonds. The zero-order chi connectivity index (χ0) is 18.4. The molecule has 1 saturated heterocycles. The molecule has 0 radical (unpaired) electrons. The lowest BCUT2D eigenvalue weighted by atomic mass is 10.3. The molecule has 1 aromatic rings. The molecule has 0 spiro atoms. The minimum absolute atomic E-state index is 0.0293. The molecule has 0 atom stereocenters. The Morgan fingerprint density at radius 3 is 2.84 bits per heavy atom. The molecule has 138 valence electrons. The van der Waals surface area contributed by atoms with E-state index >= 15 is 0 Å². The average molecular weight is 439 g/mol. The van der Waals surface area contributed by atoms with Crippen LogP contribution in [0.1, 0.15) is 0 Å². The van der Waals surface area contributed by atoms with Gasteiger partial charge in [-0.15, -0.1) is 0 Å². The molecule has 2 rings (SSSR count). The van der Waals surface area contributed by atoms with Crippen LogP contribution in [0.3, 0.4) is 0 Å². The Morgan fingerprint density at radius 1 is 1.44 bits per heavy atom. The summed E-state index contributed by atoms with van der Waals surface area (Å²) in [5.41, 5.74) is 7.08. The first-order valence-corrected chi connectivity index (χ1v) is 8.98. The quantitative estimate of drug-likeness (QED) is 0.244. The van der Waals surface area contributed by atoms with Crippen LogP contribution in [0.4, 0.5) is 10.1 Å². The molecule has 1 aliphatic rings. The summed E-state index contributed by atoms with van der Waals surface area (Å²) in [5.74, 6) is -0.367. The van der Waals surface area contributed by atoms with Gasteiger partial charge >= 0.3 is 0 Å². The van der Waals surface area contributed by atoms with Gasteiger partial charge in [0, 0.05) is 12.2 Å². The highest BCUT2D eigenvalue weighted by Crippen LogP contribution is 2.21. The minimum Gasteiger partial charge on any atom is -0.760 e. The number of hydrogen-bond acceptors (Lipinski definition) is 8. The van der Waals surface area contributed by atoms with Gasteiger partial charge in [0.25, 0.3) is 10.2 Å². The Bertz CT molecular complexity index is 802. The van der Waals surface area contributed by atoms with Crippen LogP contribution in [-0.2, 0) is 15.1 Å². The van der Waals surface area contributed by atoms with E-state index in [1.54, 1.807) is 5.48 Å². The average Bonchev–Trinajstić information content (AvgIpc) is 3.00. The number of hydrogen-bond donors (Lipinski definition) is 6. The van der Waals surface area contributed by atoms with Gasteiger partial charge in [0.05, 0.1) is 11.0 Å². The highest BCUT2D eigenvalue weighted by atomic mass is 79.9. The number of nitrogens with one attached hydrogen (secondary N) is 5. The molecular weight excluding hydrogens is 425 g/mol. The molecule has 11 nitrogen and oxygen atoms in total. The van der Waals surface area contributed by atoms with Gasteiger partial charge in [-0.05, 0) is 34.1 Å². The summed E-state index contributed by atoms with van der Waals surface area (Å²) in [4.78, 5) is 8.83. The summed E-state index contributed by atoms with van der Waals surface area (Å²) < 4.78 is 37.1. The van der Waals surface area contributed by atoms with Crippen LogP contribution in [0.5, 0.6) is 0 Å². The van der Waals surface area contributed by atoms with Crippen LogP contribution >= 0.6 is 15.9 Å². The Labute approximate surface area is 150 Å². The predicted octanol–water partition coefficient (Wildman–Crippen LogP) is -0.512. The fourth-order valence-electron chi connectivity index (χ4n) is 1.72. The fraction of sp³-hybridized carbons (Fsp3) is 0.182. The van der Waals surface area contributed by atoms with Gasteiger partial charge in [-0.2, -0.15) is 13.4 Å². The molecular formula is C11H14BrFN7O4S-. The third-order valence-electron chi connectivity index (χ3n) is 2.76. The molecule has 25 heavy (non-hydrogen) atoms. The van der Waals surface area contributed by atoms with Gasteiger partial charge in [-0.1, -0.05) is 0 Å². The monoisotopic (exact) mass is 438 g/mol. The first-order valence-electron chi connectivity index (χ1n) is 6.64. The minimum atomic E-state index is -3.81. The smallest absolute Gasteiger partial charge is 0.274 e. The second-order valence-corrected chi connectivity index (χ2v) is 6.81. The van der Waals surface area contributed by atoms with Crippen molar-refractivity contribution in [3.05, 3.63) is 45.2 Å². The largest absolute Gasteiger partial charge is 0.760 e. The van der Waals surface area contributed by atoms with E-state index in [2.05, 4.69) is 41.9 Å². The van der Waals surface area contributed by atoms with Crippen molar-refractivity contribution in [2.45, 2.75) is 0 Å². The molecule has 1 fully saturated rings. The molecule has 14 heteroatoms. The van der Waals surface area contributed by atoms with E-state index in [-0.39, 0.29) is 34.9 Å². The van der Waals surface area contributed by atoms with E-state index in [4.69, 9.17) is 10.1 Å². The summed E-state index contributed by atoms with van der Waals surface area (Å²) in [6, 6.07) is 4.07. The second-order valence-electron chi connectivity index (χ2n) is 4.58. The maximum atomic E-state index is 13.3. The number of nitrogens with zero attached hydrogens (tertiary/aromatic N) is 1. The molecule has 0 saturated carbocycles. The van der Waals surface area contributed by atoms with Crippen molar-refractivity contribution >= 4 is 37.7 Å². The van der Waals surface area contributed by atoms with Crippen LogP contribution < -0.4 is 31.6 Å². The van der Waals surface area contributed by atoms with Gasteiger partial charge in [-0.3, -0.25) is 4.99 Å². The molecule has 1 aromatic carbocycles. The normalized spacial score (nSPS) is 17.8. The van der Waals surface area contributed by atoms with Gasteiger partial charge in [0.1, 0.15) is 17.3 Å². The maximum absolute atomic E-state index is 13.3. The Hall–Kier alpha value is -1.97. The van der Waals surface area contributed by atoms with Crippen molar-refractivity contribution in [3.8, 4) is 0 Å². The molecule has 1 aliphatic heterocycles. The lowest BCUT2D eigenvalue weighted by Crippen LogP contribution is -2.33. The molecule has 1 heterocycles. The van der Waals surface area contributed by atoms with E-state index in [1.807, 2.05) is 0 Å². The van der Waals surface area contributed by atoms with Gasteiger partial charge in [-0.25, -0.2) is 25.2 Å². The van der Waals surface area contributed by atoms with Crippen molar-refractivity contribution in [2.24, 2.45) is 10.1 Å². The lowest BCUT2D eigenvalue weighted by Gasteiger charge is -2.18. The summed E-state index contributed by atoms with van der Waals surface area (Å²) >= 11 is 3.04. The van der Waals surface area contributed by atoms with Crippen molar-refractivity contribution in [1.82, 2.24) is 21.2 Å². The zero-order valence-electron chi connectivity index (χ0n) is 12.5. The number of anilines is 1. The third kappa shape index (κ3) is 5.80. The van der Waals surface area contributed by atoms with E-state index in [0.717, 1.165) is 0 Å². The summed E-state index contributed by atoms with van der Waals surface area (Å²) in [7, 11) is -3.81. The fourth-order valence-corrected chi connectivity index (χ4v) is 2.47. The first-order chi connectivity index (χ1) is 11.8. The highest BCUT2D eigenvalue weighted by Gasteiger charge is 2.19. The van der Waals surface area contributed by atoms with Crippen molar-refractivity contribution in [3.63, 3.8) is 0 Å². The zero-order valence-corrected chi connectivity index (χ0v) is 14.9. The van der Waals surface area contributed by atoms with E-state index in [9.17, 15) is 18.0 Å². The lowest BCUT2D eigenvalue weighted by molar-refractivity contribution is 0.0441. The summed E-state index contributed by atoms with van der Waals surface area (Å²) in [6.45, 7) is -0.0166. The molecule has 0 unspecified atom stereocenters. The number of aliphatic imine (C=N–C) groups is 1. The van der Waals surface area contributed by atoms with Crippen LogP contribution in [0.25, 0.3) is 0 Å². The van der Waals surface area contributed by atoms with Crippen molar-refractivity contribution in [1.29, 1.82) is 0 Å². The summed E-state index contributed by atoms with van der Waals surface area (Å²) in [6.07, 6.45) is 0. The molecule has 7 N–H and O–H groups in total. The van der Waals surface area contributed by atoms with Crippen molar-refractivity contribution in [2.75, 3.05) is 18.4 Å². The third-order valence-corrected chi connectivity index (χ3v) is 3.98. The van der Waals surface area contributed by atoms with Crippen molar-refractivity contribution < 1.29 is 17.7 Å². The van der Waals surface area contributed by atoms with E-state index in [0.29, 0.717) is 5.69 Å². The number of halogens is 2. The van der Waals surface area contributed by atoms with Gasteiger partial charge < -0.3 is 16.0 Å². The number of rotatable bonds is 7. The highest BCUT2D eigenvalue weighted by molar-refractivity contribution is 9.10. The number of amidine groups is 1. The Balaban J connectivity index is 2.13. The predicted molar refractivity (Wildman–Crippen MR) is 92.0 cm³/mol. The van der Waals surface area contributed by atoms with Gasteiger partial charge in [0.15, 0.2) is 5.84 Å². The Morgan fingerprint density at radius 2 is 2.20 bits per heavy atom. The summed E-state index contributed by atoms with van der Waals surface area (Å²) in [5, 5.41) is 18.8. The Kier molecular flexibility index (Phi) is 6.51. The molecule has 0 aliphatic carbocycles. The maximum Gasteiger partial charge on any atom is 0.274 e. The van der Waals surface area contributed by atoms with E-state index < -0.39 is 16.0 Å². The van der Waals surface area contributed by atoms with Crippen LogP contribution in [-0.4, -0.2) is 27.3 Å². The number of benzene rings is 1. The van der Waals surface area contributed by atoms with E-state index in [1.165, 1.54) is 18.2 Å². The number of nitrogens with two attached hydrogens (primary N) is 1. The van der Waals surface area contributed by atoms with Crippen LogP contribution in [0.2, 0.25) is 0 Å². The van der Waals surface area contributed by atoms with Crippen LogP contribution in [0.15, 0.2) is 39.2 Å². The SMILES string of the molecule is NS(=O)(=O)NCCN=C1NON/C1=C(/N[O-])Nc1ccc(F)c(Br)c1. The molecule has 0 aromatic heterocycles. The standard InChI is InChI=1S/C11H14BrFN7O4S/c12-7-5-6(1-2-8(7)13)17-11(18-21)9-10(20-24-19-9)15-3-4-16-25(14,22)23/h1-2,5,16-19H,3-4H2,(H,15,20)(H2,14,22,23)/q-1/b11-9+. The molecule has 0 bridgehead atoms.